The molecule has 0 radical (unpaired) electrons. The topological polar surface area (TPSA) is 49.4 Å². The third-order valence-electron chi connectivity index (χ3n) is 5.63. The molecule has 1 heterocycles. The summed E-state index contributed by atoms with van der Waals surface area (Å²) in [6.45, 7) is 1.10. The van der Waals surface area contributed by atoms with Gasteiger partial charge in [-0.2, -0.15) is 0 Å². The number of likely N-dealkylation sites (tertiary alicyclic amines) is 1. The summed E-state index contributed by atoms with van der Waals surface area (Å²) in [4.78, 5) is 26.8. The largest absolute Gasteiger partial charge is 0.352 e. The van der Waals surface area contributed by atoms with Crippen molar-refractivity contribution in [3.8, 4) is 0 Å². The molecule has 1 atom stereocenters. The fourth-order valence-corrected chi connectivity index (χ4v) is 4.25. The molecule has 2 aromatic carbocycles. The molecule has 0 aromatic heterocycles. The summed E-state index contributed by atoms with van der Waals surface area (Å²) in [5.74, 6) is -0.0536. The highest BCUT2D eigenvalue weighted by atomic mass is 16.2. The number of fused-ring (bicyclic) bond motifs is 1. The summed E-state index contributed by atoms with van der Waals surface area (Å²) in [5, 5.41) is 5.39. The predicted molar refractivity (Wildman–Crippen MR) is 97.9 cm³/mol. The Labute approximate surface area is 148 Å². The van der Waals surface area contributed by atoms with Crippen LogP contribution in [0.15, 0.2) is 42.5 Å². The molecule has 2 aliphatic rings. The molecular formula is C21H24N2O2. The minimum Gasteiger partial charge on any atom is -0.352 e. The van der Waals surface area contributed by atoms with Crippen LogP contribution in [0.2, 0.25) is 0 Å². The average Bonchev–Trinajstić information content (AvgIpc) is 3.29. The summed E-state index contributed by atoms with van der Waals surface area (Å²) >= 11 is 0. The van der Waals surface area contributed by atoms with Gasteiger partial charge >= 0.3 is 0 Å². The molecule has 0 spiro atoms. The van der Waals surface area contributed by atoms with E-state index in [0.29, 0.717) is 25.6 Å². The van der Waals surface area contributed by atoms with Crippen LogP contribution in [-0.2, 0) is 16.1 Å². The van der Waals surface area contributed by atoms with Crippen molar-refractivity contribution in [2.75, 3.05) is 6.54 Å². The standard InChI is InChI=1S/C21H24N2O2/c24-20-12-17(14-23(20)18-9-2-3-10-18)21(25)22-13-16-8-5-7-15-6-1-4-11-19(15)16/h1,4-8,11,17-18H,2-3,9-10,12-14H2,(H,22,25)/t17-/m0/s1. The van der Waals surface area contributed by atoms with Crippen LogP contribution in [0.5, 0.6) is 0 Å². The molecule has 2 fully saturated rings. The summed E-state index contributed by atoms with van der Waals surface area (Å²) < 4.78 is 0. The van der Waals surface area contributed by atoms with Crippen molar-refractivity contribution in [2.45, 2.75) is 44.7 Å². The quantitative estimate of drug-likeness (QED) is 0.932. The first-order valence-corrected chi connectivity index (χ1v) is 9.26. The van der Waals surface area contributed by atoms with E-state index < -0.39 is 0 Å². The minimum absolute atomic E-state index is 0.00165. The lowest BCUT2D eigenvalue weighted by molar-refractivity contribution is -0.130. The summed E-state index contributed by atoms with van der Waals surface area (Å²) in [6.07, 6.45) is 4.95. The first-order valence-electron chi connectivity index (χ1n) is 9.26. The predicted octanol–water partition coefficient (Wildman–Crippen LogP) is 3.25. The van der Waals surface area contributed by atoms with Gasteiger partial charge in [-0.3, -0.25) is 9.59 Å². The Morgan fingerprint density at radius 2 is 1.84 bits per heavy atom. The minimum atomic E-state index is -0.205. The second kappa shape index (κ2) is 6.87. The molecule has 130 valence electrons. The van der Waals surface area contributed by atoms with Gasteiger partial charge in [-0.15, -0.1) is 0 Å². The van der Waals surface area contributed by atoms with Gasteiger partial charge in [-0.25, -0.2) is 0 Å². The monoisotopic (exact) mass is 336 g/mol. The summed E-state index contributed by atoms with van der Waals surface area (Å²) in [6, 6.07) is 14.7. The number of rotatable bonds is 4. The maximum Gasteiger partial charge on any atom is 0.225 e. The number of hydrogen-bond donors (Lipinski definition) is 1. The van der Waals surface area contributed by atoms with Crippen molar-refractivity contribution >= 4 is 22.6 Å². The van der Waals surface area contributed by atoms with Gasteiger partial charge in [0.15, 0.2) is 0 Å². The maximum absolute atomic E-state index is 12.6. The van der Waals surface area contributed by atoms with E-state index in [0.717, 1.165) is 18.4 Å². The zero-order chi connectivity index (χ0) is 17.2. The van der Waals surface area contributed by atoms with Crippen LogP contribution in [0.4, 0.5) is 0 Å². The fourth-order valence-electron chi connectivity index (χ4n) is 4.25. The normalized spacial score (nSPS) is 21.2. The molecule has 4 heteroatoms. The van der Waals surface area contributed by atoms with Crippen molar-refractivity contribution in [1.29, 1.82) is 0 Å². The van der Waals surface area contributed by atoms with Crippen LogP contribution in [0.1, 0.15) is 37.7 Å². The lowest BCUT2D eigenvalue weighted by atomic mass is 10.0. The van der Waals surface area contributed by atoms with Gasteiger partial charge in [0, 0.05) is 25.6 Å². The number of carbonyl (C=O) groups is 2. The second-order valence-corrected chi connectivity index (χ2v) is 7.24. The molecule has 1 aliphatic carbocycles. The van der Waals surface area contributed by atoms with Gasteiger partial charge in [-0.05, 0) is 29.2 Å². The SMILES string of the molecule is O=C(NCc1cccc2ccccc12)[C@H]1CC(=O)N(C2CCCC2)C1. The number of nitrogens with one attached hydrogen (secondary N) is 1. The molecule has 1 aliphatic heterocycles. The van der Waals surface area contributed by atoms with Crippen molar-refractivity contribution in [3.05, 3.63) is 48.0 Å². The molecule has 2 amide bonds. The van der Waals surface area contributed by atoms with Crippen LogP contribution in [0, 0.1) is 5.92 Å². The Kier molecular flexibility index (Phi) is 4.43. The van der Waals surface area contributed by atoms with Crippen molar-refractivity contribution in [2.24, 2.45) is 5.92 Å². The molecule has 0 unspecified atom stereocenters. The molecule has 1 saturated heterocycles. The second-order valence-electron chi connectivity index (χ2n) is 7.24. The van der Waals surface area contributed by atoms with E-state index in [1.54, 1.807) is 0 Å². The van der Waals surface area contributed by atoms with E-state index in [1.807, 2.05) is 29.2 Å². The van der Waals surface area contributed by atoms with Crippen LogP contribution in [0.3, 0.4) is 0 Å². The third-order valence-corrected chi connectivity index (χ3v) is 5.63. The zero-order valence-electron chi connectivity index (χ0n) is 14.4. The molecular weight excluding hydrogens is 312 g/mol. The first kappa shape index (κ1) is 16.1. The Morgan fingerprint density at radius 3 is 2.68 bits per heavy atom. The van der Waals surface area contributed by atoms with Gasteiger partial charge in [0.2, 0.25) is 11.8 Å². The van der Waals surface area contributed by atoms with Gasteiger partial charge in [-0.1, -0.05) is 55.3 Å². The van der Waals surface area contributed by atoms with Crippen LogP contribution < -0.4 is 5.32 Å². The van der Waals surface area contributed by atoms with E-state index in [2.05, 4.69) is 23.5 Å². The number of amides is 2. The highest BCUT2D eigenvalue weighted by molar-refractivity contribution is 5.90. The molecule has 1 saturated carbocycles. The van der Waals surface area contributed by atoms with Gasteiger partial charge in [0.05, 0.1) is 5.92 Å². The number of carbonyl (C=O) groups excluding carboxylic acids is 2. The van der Waals surface area contributed by atoms with Gasteiger partial charge in [0.1, 0.15) is 0 Å². The Balaban J connectivity index is 1.40. The van der Waals surface area contributed by atoms with Crippen molar-refractivity contribution in [1.82, 2.24) is 10.2 Å². The number of benzene rings is 2. The molecule has 4 nitrogen and oxygen atoms in total. The first-order chi connectivity index (χ1) is 12.2. The van der Waals surface area contributed by atoms with Crippen LogP contribution in [-0.4, -0.2) is 29.3 Å². The highest BCUT2D eigenvalue weighted by Gasteiger charge is 2.38. The fraction of sp³-hybridized carbons (Fsp3) is 0.429. The Bertz CT molecular complexity index is 790. The van der Waals surface area contributed by atoms with E-state index in [-0.39, 0.29) is 17.7 Å². The average molecular weight is 336 g/mol. The maximum atomic E-state index is 12.6. The third kappa shape index (κ3) is 3.26. The molecule has 25 heavy (non-hydrogen) atoms. The van der Waals surface area contributed by atoms with E-state index in [4.69, 9.17) is 0 Å². The van der Waals surface area contributed by atoms with E-state index >= 15 is 0 Å². The smallest absolute Gasteiger partial charge is 0.225 e. The lowest BCUT2D eigenvalue weighted by Crippen LogP contribution is -2.36. The molecule has 1 N–H and O–H groups in total. The van der Waals surface area contributed by atoms with Gasteiger partial charge < -0.3 is 10.2 Å². The number of hydrogen-bond acceptors (Lipinski definition) is 2. The van der Waals surface area contributed by atoms with E-state index in [9.17, 15) is 9.59 Å². The molecule has 2 aromatic rings. The lowest BCUT2D eigenvalue weighted by Gasteiger charge is -2.23. The summed E-state index contributed by atoms with van der Waals surface area (Å²) in [5.41, 5.74) is 1.11. The Hall–Kier alpha value is -2.36. The van der Waals surface area contributed by atoms with Crippen molar-refractivity contribution < 1.29 is 9.59 Å². The molecule has 4 rings (SSSR count). The highest BCUT2D eigenvalue weighted by Crippen LogP contribution is 2.29. The Morgan fingerprint density at radius 1 is 1.08 bits per heavy atom. The van der Waals surface area contributed by atoms with Crippen LogP contribution in [0.25, 0.3) is 10.8 Å². The van der Waals surface area contributed by atoms with Gasteiger partial charge in [0.25, 0.3) is 0 Å². The zero-order valence-corrected chi connectivity index (χ0v) is 14.4. The molecule has 0 bridgehead atoms. The van der Waals surface area contributed by atoms with Crippen LogP contribution >= 0.6 is 0 Å². The summed E-state index contributed by atoms with van der Waals surface area (Å²) in [7, 11) is 0. The van der Waals surface area contributed by atoms with E-state index in [1.165, 1.54) is 23.6 Å². The van der Waals surface area contributed by atoms with Crippen molar-refractivity contribution in [3.63, 3.8) is 0 Å². The number of nitrogens with zero attached hydrogens (tertiary/aromatic N) is 1.